The van der Waals surface area contributed by atoms with Crippen molar-refractivity contribution in [1.29, 1.82) is 0 Å². The lowest BCUT2D eigenvalue weighted by Crippen LogP contribution is -2.30. The molecule has 1 amide bonds. The zero-order valence-electron chi connectivity index (χ0n) is 13.4. The van der Waals surface area contributed by atoms with Gasteiger partial charge in [-0.1, -0.05) is 12.1 Å². The van der Waals surface area contributed by atoms with Crippen LogP contribution in [0, 0.1) is 5.82 Å². The monoisotopic (exact) mass is 316 g/mol. The molecule has 0 saturated heterocycles. The molecule has 0 aliphatic carbocycles. The normalized spacial score (nSPS) is 10.4. The highest BCUT2D eigenvalue weighted by Gasteiger charge is 2.13. The van der Waals surface area contributed by atoms with Gasteiger partial charge in [-0.25, -0.2) is 14.4 Å². The SMILES string of the molecule is CCN(CC)C(=O)c1cnc(NCCc2ccc(F)cc2)nc1. The van der Waals surface area contributed by atoms with Crippen LogP contribution in [0.1, 0.15) is 29.8 Å². The van der Waals surface area contributed by atoms with Crippen molar-refractivity contribution in [3.05, 3.63) is 53.6 Å². The Kier molecular flexibility index (Phi) is 6.02. The van der Waals surface area contributed by atoms with Gasteiger partial charge >= 0.3 is 0 Å². The van der Waals surface area contributed by atoms with E-state index in [-0.39, 0.29) is 11.7 Å². The topological polar surface area (TPSA) is 58.1 Å². The predicted molar refractivity (Wildman–Crippen MR) is 87.9 cm³/mol. The van der Waals surface area contributed by atoms with Crippen LogP contribution in [-0.2, 0) is 6.42 Å². The summed E-state index contributed by atoms with van der Waals surface area (Å²) in [4.78, 5) is 22.2. The minimum absolute atomic E-state index is 0.0622. The fourth-order valence-corrected chi connectivity index (χ4v) is 2.19. The molecule has 0 atom stereocenters. The van der Waals surface area contributed by atoms with Crippen molar-refractivity contribution in [3.63, 3.8) is 0 Å². The van der Waals surface area contributed by atoms with E-state index >= 15 is 0 Å². The molecule has 1 N–H and O–H groups in total. The van der Waals surface area contributed by atoms with E-state index in [2.05, 4.69) is 15.3 Å². The van der Waals surface area contributed by atoms with Crippen molar-refractivity contribution in [2.24, 2.45) is 0 Å². The molecule has 6 heteroatoms. The van der Waals surface area contributed by atoms with E-state index in [0.717, 1.165) is 12.0 Å². The maximum atomic E-state index is 12.8. The van der Waals surface area contributed by atoms with Crippen LogP contribution in [0.3, 0.4) is 0 Å². The van der Waals surface area contributed by atoms with Crippen LogP contribution < -0.4 is 5.32 Å². The van der Waals surface area contributed by atoms with Gasteiger partial charge in [-0.3, -0.25) is 4.79 Å². The molecule has 0 saturated carbocycles. The van der Waals surface area contributed by atoms with Gasteiger partial charge < -0.3 is 10.2 Å². The summed E-state index contributed by atoms with van der Waals surface area (Å²) in [5, 5.41) is 3.09. The molecule has 0 radical (unpaired) electrons. The smallest absolute Gasteiger partial charge is 0.256 e. The third-order valence-corrected chi connectivity index (χ3v) is 3.56. The summed E-state index contributed by atoms with van der Waals surface area (Å²) in [6, 6.07) is 6.40. The highest BCUT2D eigenvalue weighted by Crippen LogP contribution is 2.06. The average Bonchev–Trinajstić information content (AvgIpc) is 2.58. The Labute approximate surface area is 135 Å². The molecule has 1 aromatic carbocycles. The number of nitrogens with zero attached hydrogens (tertiary/aromatic N) is 3. The Bertz CT molecular complexity index is 624. The zero-order valence-corrected chi connectivity index (χ0v) is 13.4. The van der Waals surface area contributed by atoms with Crippen LogP contribution in [0.15, 0.2) is 36.7 Å². The molecule has 2 aromatic rings. The van der Waals surface area contributed by atoms with Crippen LogP contribution in [0.2, 0.25) is 0 Å². The number of aromatic nitrogens is 2. The lowest BCUT2D eigenvalue weighted by atomic mass is 10.1. The summed E-state index contributed by atoms with van der Waals surface area (Å²) >= 11 is 0. The van der Waals surface area contributed by atoms with Crippen LogP contribution in [0.4, 0.5) is 10.3 Å². The molecule has 5 nitrogen and oxygen atoms in total. The van der Waals surface area contributed by atoms with Crippen molar-refractivity contribution >= 4 is 11.9 Å². The summed E-state index contributed by atoms with van der Waals surface area (Å²) < 4.78 is 12.8. The third-order valence-electron chi connectivity index (χ3n) is 3.56. The first-order valence-electron chi connectivity index (χ1n) is 7.73. The predicted octanol–water partition coefficient (Wildman–Crippen LogP) is 2.75. The second-order valence-corrected chi connectivity index (χ2v) is 5.08. The van der Waals surface area contributed by atoms with E-state index in [1.54, 1.807) is 17.0 Å². The molecule has 0 fully saturated rings. The number of rotatable bonds is 7. The number of anilines is 1. The first kappa shape index (κ1) is 16.9. The summed E-state index contributed by atoms with van der Waals surface area (Å²) in [5.74, 6) is 0.176. The van der Waals surface area contributed by atoms with Gasteiger partial charge in [0.15, 0.2) is 0 Å². The third kappa shape index (κ3) is 4.74. The molecule has 1 aromatic heterocycles. The fraction of sp³-hybridized carbons (Fsp3) is 0.353. The zero-order chi connectivity index (χ0) is 16.7. The maximum absolute atomic E-state index is 12.8. The Morgan fingerprint density at radius 1 is 1.13 bits per heavy atom. The Balaban J connectivity index is 1.87. The molecule has 0 unspecified atom stereocenters. The van der Waals surface area contributed by atoms with E-state index in [1.165, 1.54) is 24.5 Å². The quantitative estimate of drug-likeness (QED) is 0.853. The fourth-order valence-electron chi connectivity index (χ4n) is 2.19. The van der Waals surface area contributed by atoms with Crippen LogP contribution in [0.25, 0.3) is 0 Å². The van der Waals surface area contributed by atoms with Gasteiger partial charge in [-0.15, -0.1) is 0 Å². The number of hydrogen-bond donors (Lipinski definition) is 1. The lowest BCUT2D eigenvalue weighted by molar-refractivity contribution is 0.0772. The highest BCUT2D eigenvalue weighted by molar-refractivity contribution is 5.93. The number of benzene rings is 1. The maximum Gasteiger partial charge on any atom is 0.256 e. The van der Waals surface area contributed by atoms with Gasteiger partial charge in [0.2, 0.25) is 5.95 Å². The van der Waals surface area contributed by atoms with Crippen molar-refractivity contribution in [1.82, 2.24) is 14.9 Å². The molecule has 23 heavy (non-hydrogen) atoms. The first-order valence-corrected chi connectivity index (χ1v) is 7.73. The van der Waals surface area contributed by atoms with Gasteiger partial charge in [0, 0.05) is 32.0 Å². The molecular weight excluding hydrogens is 295 g/mol. The summed E-state index contributed by atoms with van der Waals surface area (Å²) in [7, 11) is 0. The van der Waals surface area contributed by atoms with Gasteiger partial charge in [-0.2, -0.15) is 0 Å². The number of hydrogen-bond acceptors (Lipinski definition) is 4. The summed E-state index contributed by atoms with van der Waals surface area (Å²) in [5.41, 5.74) is 1.52. The molecule has 0 aliphatic heterocycles. The first-order chi connectivity index (χ1) is 11.1. The Hall–Kier alpha value is -2.50. The number of carbonyl (C=O) groups is 1. The molecule has 2 rings (SSSR count). The van der Waals surface area contributed by atoms with E-state index in [4.69, 9.17) is 0 Å². The van der Waals surface area contributed by atoms with Crippen molar-refractivity contribution < 1.29 is 9.18 Å². The Morgan fingerprint density at radius 2 is 1.74 bits per heavy atom. The van der Waals surface area contributed by atoms with Crippen LogP contribution in [-0.4, -0.2) is 40.4 Å². The molecule has 0 aliphatic rings. The van der Waals surface area contributed by atoms with Gasteiger partial charge in [0.05, 0.1) is 5.56 Å². The van der Waals surface area contributed by atoms with E-state index in [0.29, 0.717) is 31.1 Å². The lowest BCUT2D eigenvalue weighted by Gasteiger charge is -2.18. The minimum Gasteiger partial charge on any atom is -0.354 e. The summed E-state index contributed by atoms with van der Waals surface area (Å²) in [6.07, 6.45) is 3.81. The van der Waals surface area contributed by atoms with Gasteiger partial charge in [0.25, 0.3) is 5.91 Å². The standard InChI is InChI=1S/C17H21FN4O/c1-3-22(4-2)16(23)14-11-20-17(21-12-14)19-10-9-13-5-7-15(18)8-6-13/h5-8,11-12H,3-4,9-10H2,1-2H3,(H,19,20,21). The van der Waals surface area contributed by atoms with Crippen molar-refractivity contribution in [2.75, 3.05) is 25.0 Å². The van der Waals surface area contributed by atoms with E-state index < -0.39 is 0 Å². The van der Waals surface area contributed by atoms with Gasteiger partial charge in [-0.05, 0) is 38.0 Å². The van der Waals surface area contributed by atoms with E-state index in [1.807, 2.05) is 13.8 Å². The van der Waals surface area contributed by atoms with Crippen molar-refractivity contribution in [3.8, 4) is 0 Å². The van der Waals surface area contributed by atoms with Crippen LogP contribution in [0.5, 0.6) is 0 Å². The molecule has 1 heterocycles. The highest BCUT2D eigenvalue weighted by atomic mass is 19.1. The molecular formula is C17H21FN4O. The number of nitrogens with one attached hydrogen (secondary N) is 1. The van der Waals surface area contributed by atoms with Crippen molar-refractivity contribution in [2.45, 2.75) is 20.3 Å². The second-order valence-electron chi connectivity index (χ2n) is 5.08. The number of amides is 1. The molecule has 122 valence electrons. The van der Waals surface area contributed by atoms with E-state index in [9.17, 15) is 9.18 Å². The minimum atomic E-state index is -0.237. The largest absolute Gasteiger partial charge is 0.354 e. The summed E-state index contributed by atoms with van der Waals surface area (Å²) in [6.45, 7) is 5.83. The second kappa shape index (κ2) is 8.22. The van der Waals surface area contributed by atoms with Crippen LogP contribution >= 0.6 is 0 Å². The molecule has 0 spiro atoms. The number of halogens is 1. The molecule has 0 bridgehead atoms. The Morgan fingerprint density at radius 3 is 2.30 bits per heavy atom. The number of carbonyl (C=O) groups excluding carboxylic acids is 1. The van der Waals surface area contributed by atoms with Gasteiger partial charge in [0.1, 0.15) is 5.82 Å². The average molecular weight is 316 g/mol.